The maximum absolute atomic E-state index is 12.1. The van der Waals surface area contributed by atoms with Crippen LogP contribution in [-0.4, -0.2) is 48.7 Å². The summed E-state index contributed by atoms with van der Waals surface area (Å²) in [6.07, 6.45) is 2.38. The molecule has 0 bridgehead atoms. The molecule has 3 aliphatic rings. The third kappa shape index (κ3) is 5.52. The van der Waals surface area contributed by atoms with Crippen molar-refractivity contribution in [1.29, 1.82) is 0 Å². The molecular formula is C28H34O6. The van der Waals surface area contributed by atoms with Crippen LogP contribution in [-0.2, 0) is 41.7 Å². The Morgan fingerprint density at radius 2 is 1.68 bits per heavy atom. The molecule has 0 N–H and O–H groups in total. The van der Waals surface area contributed by atoms with Gasteiger partial charge in [0.25, 0.3) is 0 Å². The summed E-state index contributed by atoms with van der Waals surface area (Å²) in [5.41, 5.74) is 1.75. The zero-order valence-electron chi connectivity index (χ0n) is 19.8. The van der Waals surface area contributed by atoms with Crippen molar-refractivity contribution in [3.63, 3.8) is 0 Å². The summed E-state index contributed by atoms with van der Waals surface area (Å²) in [7, 11) is 0. The minimum absolute atomic E-state index is 0.111. The monoisotopic (exact) mass is 466 g/mol. The highest BCUT2D eigenvalue weighted by Gasteiger charge is 2.54. The van der Waals surface area contributed by atoms with Crippen LogP contribution in [0.2, 0.25) is 0 Å². The number of esters is 1. The van der Waals surface area contributed by atoms with Gasteiger partial charge in [0.2, 0.25) is 0 Å². The fourth-order valence-corrected chi connectivity index (χ4v) is 5.33. The van der Waals surface area contributed by atoms with Crippen LogP contribution in [0.1, 0.15) is 50.2 Å². The average Bonchev–Trinajstić information content (AvgIpc) is 2.99. The highest BCUT2D eigenvalue weighted by molar-refractivity contribution is 5.70. The highest BCUT2D eigenvalue weighted by Crippen LogP contribution is 2.43. The molecule has 0 amide bonds. The molecule has 2 aromatic carbocycles. The predicted octanol–water partition coefficient (Wildman–Crippen LogP) is 4.59. The Hall–Kier alpha value is -2.25. The second-order valence-corrected chi connectivity index (χ2v) is 9.83. The molecule has 2 aromatic rings. The van der Waals surface area contributed by atoms with E-state index in [2.05, 4.69) is 31.2 Å². The van der Waals surface area contributed by atoms with Crippen molar-refractivity contribution in [2.45, 2.75) is 88.4 Å². The van der Waals surface area contributed by atoms with E-state index >= 15 is 0 Å². The second-order valence-electron chi connectivity index (χ2n) is 9.83. The maximum Gasteiger partial charge on any atom is 0.306 e. The van der Waals surface area contributed by atoms with Crippen molar-refractivity contribution >= 4 is 5.97 Å². The molecule has 6 nitrogen and oxygen atoms in total. The van der Waals surface area contributed by atoms with Gasteiger partial charge in [-0.3, -0.25) is 4.79 Å². The van der Waals surface area contributed by atoms with Crippen molar-refractivity contribution < 1.29 is 28.5 Å². The van der Waals surface area contributed by atoms with Crippen LogP contribution in [0.15, 0.2) is 60.7 Å². The molecule has 182 valence electrons. The lowest BCUT2D eigenvalue weighted by Gasteiger charge is -2.51. The van der Waals surface area contributed by atoms with E-state index in [9.17, 15) is 4.79 Å². The van der Waals surface area contributed by atoms with Crippen LogP contribution in [0.25, 0.3) is 0 Å². The fraction of sp³-hybridized carbons (Fsp3) is 0.536. The number of fused-ring (bicyclic) bond motifs is 2. The largest absolute Gasteiger partial charge is 0.459 e. The van der Waals surface area contributed by atoms with Crippen LogP contribution in [0.5, 0.6) is 0 Å². The third-order valence-electron chi connectivity index (χ3n) is 7.18. The van der Waals surface area contributed by atoms with E-state index < -0.39 is 5.60 Å². The summed E-state index contributed by atoms with van der Waals surface area (Å²) in [6, 6.07) is 20.3. The summed E-state index contributed by atoms with van der Waals surface area (Å²) in [5, 5.41) is 0. The average molecular weight is 467 g/mol. The number of carbonyl (C=O) groups excluding carboxylic acids is 1. The van der Waals surface area contributed by atoms with Crippen LogP contribution in [0.4, 0.5) is 0 Å². The number of carbonyl (C=O) groups is 1. The second kappa shape index (κ2) is 10.6. The Balaban J connectivity index is 1.28. The number of rotatable bonds is 7. The first-order valence-electron chi connectivity index (χ1n) is 12.4. The Morgan fingerprint density at radius 3 is 2.41 bits per heavy atom. The quantitative estimate of drug-likeness (QED) is 0.556. The van der Waals surface area contributed by atoms with Gasteiger partial charge in [-0.1, -0.05) is 60.7 Å². The number of ether oxygens (including phenoxy) is 5. The molecule has 0 unspecified atom stereocenters. The molecule has 0 aliphatic carbocycles. The van der Waals surface area contributed by atoms with Gasteiger partial charge < -0.3 is 23.7 Å². The van der Waals surface area contributed by atoms with E-state index in [-0.39, 0.29) is 36.5 Å². The van der Waals surface area contributed by atoms with Gasteiger partial charge in [0.1, 0.15) is 17.8 Å². The lowest BCUT2D eigenvalue weighted by atomic mass is 9.82. The normalized spacial score (nSPS) is 33.3. The molecule has 6 heteroatoms. The molecule has 3 aliphatic heterocycles. The van der Waals surface area contributed by atoms with E-state index in [1.165, 1.54) is 0 Å². The Bertz CT molecular complexity index is 934. The third-order valence-corrected chi connectivity index (χ3v) is 7.18. The van der Waals surface area contributed by atoms with Gasteiger partial charge in [0.05, 0.1) is 38.1 Å². The van der Waals surface area contributed by atoms with Gasteiger partial charge in [0.15, 0.2) is 0 Å². The van der Waals surface area contributed by atoms with Crippen LogP contribution >= 0.6 is 0 Å². The summed E-state index contributed by atoms with van der Waals surface area (Å²) >= 11 is 0. The zero-order valence-corrected chi connectivity index (χ0v) is 19.8. The summed E-state index contributed by atoms with van der Waals surface area (Å²) in [4.78, 5) is 12.1. The smallest absolute Gasteiger partial charge is 0.306 e. The van der Waals surface area contributed by atoms with Crippen LogP contribution < -0.4 is 0 Å². The summed E-state index contributed by atoms with van der Waals surface area (Å²) in [5.74, 6) is -0.147. The van der Waals surface area contributed by atoms with Gasteiger partial charge in [-0.15, -0.1) is 0 Å². The van der Waals surface area contributed by atoms with Gasteiger partial charge in [0, 0.05) is 19.3 Å². The molecular weight excluding hydrogens is 432 g/mol. The number of hydrogen-bond donors (Lipinski definition) is 0. The molecule has 3 fully saturated rings. The van der Waals surface area contributed by atoms with Crippen molar-refractivity contribution in [3.8, 4) is 0 Å². The van der Waals surface area contributed by atoms with Crippen molar-refractivity contribution in [2.75, 3.05) is 6.61 Å². The molecule has 34 heavy (non-hydrogen) atoms. The van der Waals surface area contributed by atoms with Gasteiger partial charge in [-0.05, 0) is 30.9 Å². The van der Waals surface area contributed by atoms with Crippen molar-refractivity contribution in [2.24, 2.45) is 0 Å². The molecule has 0 saturated carbocycles. The number of benzene rings is 2. The molecule has 6 atom stereocenters. The predicted molar refractivity (Wildman–Crippen MR) is 126 cm³/mol. The van der Waals surface area contributed by atoms with E-state index in [1.54, 1.807) is 0 Å². The fourth-order valence-electron chi connectivity index (χ4n) is 5.33. The first-order valence-corrected chi connectivity index (χ1v) is 12.4. The van der Waals surface area contributed by atoms with Crippen LogP contribution in [0.3, 0.4) is 0 Å². The summed E-state index contributed by atoms with van der Waals surface area (Å²) in [6.45, 7) is 3.60. The first kappa shape index (κ1) is 23.5. The minimum atomic E-state index is -0.512. The zero-order chi connectivity index (χ0) is 23.4. The lowest BCUT2D eigenvalue weighted by Crippen LogP contribution is -2.63. The van der Waals surface area contributed by atoms with Gasteiger partial charge >= 0.3 is 5.97 Å². The molecule has 0 aromatic heterocycles. The van der Waals surface area contributed by atoms with Gasteiger partial charge in [-0.25, -0.2) is 0 Å². The Labute approximate surface area is 201 Å². The maximum atomic E-state index is 12.1. The van der Waals surface area contributed by atoms with E-state index in [0.29, 0.717) is 39.1 Å². The highest BCUT2D eigenvalue weighted by atomic mass is 16.6. The SMILES string of the molecule is C[C@@]12CCCC(=O)O[C@H]1C[C@H]1O[C@H](COCc3ccccc3)C[C@H](OCc3ccccc3)[C@@H]1O2. The molecule has 3 heterocycles. The van der Waals surface area contributed by atoms with E-state index in [4.69, 9.17) is 23.7 Å². The topological polar surface area (TPSA) is 63.2 Å². The standard InChI is InChI=1S/C28H34O6/c1-28-14-8-13-26(29)33-25(28)16-24-27(34-28)23(31-18-21-11-6-3-7-12-21)15-22(32-24)19-30-17-20-9-4-2-5-10-20/h2-7,9-12,22-25,27H,8,13-19H2,1H3/t22-,23-,24+,25-,27-,28+/m0/s1. The van der Waals surface area contributed by atoms with Crippen LogP contribution in [0, 0.1) is 0 Å². The lowest BCUT2D eigenvalue weighted by molar-refractivity contribution is -0.293. The van der Waals surface area contributed by atoms with E-state index in [0.717, 1.165) is 24.0 Å². The molecule has 3 saturated heterocycles. The van der Waals surface area contributed by atoms with Gasteiger partial charge in [-0.2, -0.15) is 0 Å². The Kier molecular flexibility index (Phi) is 7.30. The summed E-state index contributed by atoms with van der Waals surface area (Å²) < 4.78 is 31.4. The van der Waals surface area contributed by atoms with E-state index in [1.807, 2.05) is 36.4 Å². The first-order chi connectivity index (χ1) is 16.6. The molecule has 5 rings (SSSR count). The molecule has 0 spiro atoms. The van der Waals surface area contributed by atoms with Crippen molar-refractivity contribution in [3.05, 3.63) is 71.8 Å². The number of hydrogen-bond acceptors (Lipinski definition) is 6. The minimum Gasteiger partial charge on any atom is -0.459 e. The van der Waals surface area contributed by atoms with Crippen molar-refractivity contribution in [1.82, 2.24) is 0 Å². The Morgan fingerprint density at radius 1 is 0.971 bits per heavy atom. The molecule has 0 radical (unpaired) electrons.